The summed E-state index contributed by atoms with van der Waals surface area (Å²) >= 11 is 0. The van der Waals surface area contributed by atoms with Gasteiger partial charge in [-0.3, -0.25) is 24.5 Å². The second-order valence-corrected chi connectivity index (χ2v) is 8.92. The monoisotopic (exact) mass is 455 g/mol. The number of carbonyl (C=O) groups is 2. The summed E-state index contributed by atoms with van der Waals surface area (Å²) in [6, 6.07) is 6.71. The Morgan fingerprint density at radius 1 is 1.21 bits per heavy atom. The molecular formula is C24H30FN5O3. The van der Waals surface area contributed by atoms with Gasteiger partial charge < -0.3 is 15.7 Å². The molecule has 0 spiro atoms. The highest BCUT2D eigenvalue weighted by molar-refractivity contribution is 5.96. The number of hydrogen-bond donors (Lipinski definition) is 3. The molecule has 2 aliphatic rings. The zero-order chi connectivity index (χ0) is 23.3. The molecule has 4 rings (SSSR count). The van der Waals surface area contributed by atoms with Crippen LogP contribution in [-0.2, 0) is 17.1 Å². The first kappa shape index (κ1) is 23.3. The molecule has 0 bridgehead atoms. The van der Waals surface area contributed by atoms with Crippen LogP contribution in [0.4, 0.5) is 4.39 Å². The van der Waals surface area contributed by atoms with E-state index in [1.54, 1.807) is 36.8 Å². The first-order valence-electron chi connectivity index (χ1n) is 11.4. The van der Waals surface area contributed by atoms with Gasteiger partial charge in [0, 0.05) is 43.1 Å². The van der Waals surface area contributed by atoms with Crippen LogP contribution in [-0.4, -0.2) is 63.5 Å². The molecule has 0 radical (unpaired) electrons. The van der Waals surface area contributed by atoms with Crippen LogP contribution in [0.25, 0.3) is 0 Å². The van der Waals surface area contributed by atoms with Gasteiger partial charge in [-0.1, -0.05) is 12.1 Å². The van der Waals surface area contributed by atoms with E-state index in [0.717, 1.165) is 32.4 Å². The van der Waals surface area contributed by atoms with Crippen molar-refractivity contribution in [2.45, 2.75) is 56.5 Å². The van der Waals surface area contributed by atoms with E-state index in [-0.39, 0.29) is 18.5 Å². The minimum atomic E-state index is -0.917. The summed E-state index contributed by atoms with van der Waals surface area (Å²) in [4.78, 5) is 35.3. The summed E-state index contributed by atoms with van der Waals surface area (Å²) in [5.41, 5.74) is 0.480. The van der Waals surface area contributed by atoms with Gasteiger partial charge in [-0.2, -0.15) is 0 Å². The predicted molar refractivity (Wildman–Crippen MR) is 120 cm³/mol. The molecule has 2 aromatic rings. The van der Waals surface area contributed by atoms with Crippen molar-refractivity contribution in [1.29, 1.82) is 0 Å². The van der Waals surface area contributed by atoms with Gasteiger partial charge >= 0.3 is 0 Å². The number of amides is 2. The number of nitrogens with one attached hydrogen (secondary N) is 2. The Kier molecular flexibility index (Phi) is 7.29. The zero-order valence-electron chi connectivity index (χ0n) is 18.5. The third kappa shape index (κ3) is 5.72. The van der Waals surface area contributed by atoms with Gasteiger partial charge in [0.1, 0.15) is 12.3 Å². The largest absolute Gasteiger partial charge is 0.383 e. The average Bonchev–Trinajstić information content (AvgIpc) is 3.32. The topological polar surface area (TPSA) is 107 Å². The fourth-order valence-electron chi connectivity index (χ4n) is 4.81. The minimum absolute atomic E-state index is 0.0325. The van der Waals surface area contributed by atoms with E-state index in [1.165, 1.54) is 6.07 Å². The van der Waals surface area contributed by atoms with Crippen LogP contribution in [0.15, 0.2) is 42.9 Å². The number of rotatable bonds is 7. The zero-order valence-corrected chi connectivity index (χ0v) is 18.5. The molecule has 1 aliphatic carbocycles. The maximum atomic E-state index is 12.8. The van der Waals surface area contributed by atoms with Gasteiger partial charge in [-0.05, 0) is 49.8 Å². The maximum absolute atomic E-state index is 12.8. The molecule has 176 valence electrons. The van der Waals surface area contributed by atoms with E-state index in [0.29, 0.717) is 35.7 Å². The lowest BCUT2D eigenvalue weighted by atomic mass is 9.80. The standard InChI is InChI=1S/C24H30FN5O3/c25-13-17-2-1-3-18(12-17)23(32)28-15-22(31)29-19-6-11-30(16-19)20-4-7-24(33,8-5-20)21-14-26-9-10-27-21/h1-3,9-10,12,14,19-20,33H,4-8,11,13,15-16H2,(H,28,32)(H,29,31)/t19-,20?,24?/m1/s1. The second-order valence-electron chi connectivity index (χ2n) is 8.92. The molecule has 1 aliphatic heterocycles. The van der Waals surface area contributed by atoms with E-state index < -0.39 is 18.2 Å². The lowest BCUT2D eigenvalue weighted by molar-refractivity contribution is -0.120. The third-order valence-corrected chi connectivity index (χ3v) is 6.68. The number of benzene rings is 1. The number of nitrogens with zero attached hydrogens (tertiary/aromatic N) is 3. The van der Waals surface area contributed by atoms with E-state index >= 15 is 0 Å². The van der Waals surface area contributed by atoms with Crippen molar-refractivity contribution in [3.05, 3.63) is 59.7 Å². The fourth-order valence-corrected chi connectivity index (χ4v) is 4.81. The Bertz CT molecular complexity index is 966. The fraction of sp³-hybridized carbons (Fsp3) is 0.500. The Balaban J connectivity index is 1.20. The average molecular weight is 456 g/mol. The van der Waals surface area contributed by atoms with E-state index in [4.69, 9.17) is 0 Å². The van der Waals surface area contributed by atoms with Crippen molar-refractivity contribution in [2.75, 3.05) is 19.6 Å². The van der Waals surface area contributed by atoms with Crippen LogP contribution in [0, 0.1) is 0 Å². The lowest BCUT2D eigenvalue weighted by Gasteiger charge is -2.39. The predicted octanol–water partition coefficient (Wildman–Crippen LogP) is 1.70. The Labute approximate surface area is 192 Å². The number of halogens is 1. The minimum Gasteiger partial charge on any atom is -0.383 e. The molecule has 33 heavy (non-hydrogen) atoms. The number of aliphatic hydroxyl groups is 1. The first-order valence-corrected chi connectivity index (χ1v) is 11.4. The molecule has 2 fully saturated rings. The van der Waals surface area contributed by atoms with Gasteiger partial charge in [-0.15, -0.1) is 0 Å². The Hall–Kier alpha value is -2.91. The highest BCUT2D eigenvalue weighted by Gasteiger charge is 2.39. The number of alkyl halides is 1. The molecule has 1 saturated carbocycles. The van der Waals surface area contributed by atoms with Crippen LogP contribution < -0.4 is 10.6 Å². The number of aromatic nitrogens is 2. The van der Waals surface area contributed by atoms with E-state index in [1.807, 2.05) is 0 Å². The molecule has 1 atom stereocenters. The summed E-state index contributed by atoms with van der Waals surface area (Å²) in [6.07, 6.45) is 8.70. The molecule has 1 saturated heterocycles. The van der Waals surface area contributed by atoms with Crippen molar-refractivity contribution in [2.24, 2.45) is 0 Å². The summed E-state index contributed by atoms with van der Waals surface area (Å²) in [7, 11) is 0. The van der Waals surface area contributed by atoms with E-state index in [2.05, 4.69) is 25.5 Å². The van der Waals surface area contributed by atoms with Gasteiger partial charge in [0.25, 0.3) is 5.91 Å². The summed E-state index contributed by atoms with van der Waals surface area (Å²) in [5, 5.41) is 16.6. The van der Waals surface area contributed by atoms with Crippen LogP contribution in [0.5, 0.6) is 0 Å². The maximum Gasteiger partial charge on any atom is 0.251 e. The quantitative estimate of drug-likeness (QED) is 0.587. The highest BCUT2D eigenvalue weighted by Crippen LogP contribution is 2.38. The van der Waals surface area contributed by atoms with E-state index in [9.17, 15) is 19.1 Å². The summed E-state index contributed by atoms with van der Waals surface area (Å²) < 4.78 is 12.8. The normalized spacial score (nSPS) is 25.5. The molecule has 1 aromatic carbocycles. The molecule has 3 N–H and O–H groups in total. The van der Waals surface area contributed by atoms with Crippen molar-refractivity contribution in [1.82, 2.24) is 25.5 Å². The Morgan fingerprint density at radius 2 is 2.03 bits per heavy atom. The van der Waals surface area contributed by atoms with Crippen LogP contribution in [0.1, 0.15) is 53.7 Å². The number of hydrogen-bond acceptors (Lipinski definition) is 6. The van der Waals surface area contributed by atoms with Crippen molar-refractivity contribution in [3.8, 4) is 0 Å². The SMILES string of the molecule is O=C(CNC(=O)c1cccc(CF)c1)N[C@@H]1CCN(C2CCC(O)(c3cnccn3)CC2)C1. The van der Waals surface area contributed by atoms with Crippen molar-refractivity contribution < 1.29 is 19.1 Å². The van der Waals surface area contributed by atoms with Gasteiger partial charge in [-0.25, -0.2) is 4.39 Å². The van der Waals surface area contributed by atoms with Crippen molar-refractivity contribution in [3.63, 3.8) is 0 Å². The molecule has 9 heteroatoms. The molecular weight excluding hydrogens is 425 g/mol. The second kappa shape index (κ2) is 10.4. The third-order valence-electron chi connectivity index (χ3n) is 6.68. The molecule has 0 unspecified atom stereocenters. The smallest absolute Gasteiger partial charge is 0.251 e. The molecule has 1 aromatic heterocycles. The van der Waals surface area contributed by atoms with Crippen LogP contribution >= 0.6 is 0 Å². The molecule has 8 nitrogen and oxygen atoms in total. The lowest BCUT2D eigenvalue weighted by Crippen LogP contribution is -2.45. The van der Waals surface area contributed by atoms with Crippen LogP contribution in [0.3, 0.4) is 0 Å². The summed E-state index contributed by atoms with van der Waals surface area (Å²) in [6.45, 7) is 0.887. The van der Waals surface area contributed by atoms with Gasteiger partial charge in [0.15, 0.2) is 0 Å². The number of carbonyl (C=O) groups excluding carboxylic acids is 2. The molecule has 2 amide bonds. The van der Waals surface area contributed by atoms with Crippen LogP contribution in [0.2, 0.25) is 0 Å². The molecule has 2 heterocycles. The summed E-state index contributed by atoms with van der Waals surface area (Å²) in [5.74, 6) is -0.635. The first-order chi connectivity index (χ1) is 16.0. The number of likely N-dealkylation sites (tertiary alicyclic amines) is 1. The Morgan fingerprint density at radius 3 is 2.76 bits per heavy atom. The van der Waals surface area contributed by atoms with Gasteiger partial charge in [0.05, 0.1) is 18.4 Å². The highest BCUT2D eigenvalue weighted by atomic mass is 19.1. The van der Waals surface area contributed by atoms with Crippen molar-refractivity contribution >= 4 is 11.8 Å². The van der Waals surface area contributed by atoms with Gasteiger partial charge in [0.2, 0.25) is 5.91 Å².